The second-order valence-corrected chi connectivity index (χ2v) is 6.74. The van der Waals surface area contributed by atoms with Crippen molar-refractivity contribution < 1.29 is 9.21 Å². The minimum atomic E-state index is 0. The second kappa shape index (κ2) is 11.0. The number of amides is 1. The van der Waals surface area contributed by atoms with E-state index in [2.05, 4.69) is 9.88 Å². The fourth-order valence-electron chi connectivity index (χ4n) is 2.59. The number of thiazole rings is 1. The van der Waals surface area contributed by atoms with Crippen LogP contribution in [0.15, 0.2) is 22.9 Å². The molecule has 1 aliphatic heterocycles. The number of halogens is 3. The summed E-state index contributed by atoms with van der Waals surface area (Å²) in [5.74, 6) is 0.666. The van der Waals surface area contributed by atoms with E-state index in [0.29, 0.717) is 17.9 Å². The van der Waals surface area contributed by atoms with Crippen LogP contribution < -0.4 is 5.73 Å². The zero-order chi connectivity index (χ0) is 15.5. The molecule has 0 radical (unpaired) electrons. The Morgan fingerprint density at radius 3 is 2.48 bits per heavy atom. The molecule has 0 unspecified atom stereocenters. The summed E-state index contributed by atoms with van der Waals surface area (Å²) < 4.78 is 5.24. The smallest absolute Gasteiger partial charge is 0.257 e. The molecule has 0 aliphatic carbocycles. The molecule has 1 saturated heterocycles. The average Bonchev–Trinajstić information content (AvgIpc) is 3.16. The van der Waals surface area contributed by atoms with Crippen LogP contribution in [0.25, 0.3) is 0 Å². The number of piperazine rings is 1. The van der Waals surface area contributed by atoms with Crippen molar-refractivity contribution in [3.05, 3.63) is 39.7 Å². The van der Waals surface area contributed by atoms with E-state index >= 15 is 0 Å². The van der Waals surface area contributed by atoms with Crippen molar-refractivity contribution in [3.63, 3.8) is 0 Å². The van der Waals surface area contributed by atoms with Crippen molar-refractivity contribution in [3.8, 4) is 0 Å². The highest BCUT2D eigenvalue weighted by atomic mass is 35.5. The first-order chi connectivity index (χ1) is 10.7. The predicted octanol–water partition coefficient (Wildman–Crippen LogP) is 2.73. The molecule has 1 fully saturated rings. The number of aryl methyl sites for hydroxylation is 1. The Hall–Kier alpha value is -0.830. The molecule has 0 saturated carbocycles. The third kappa shape index (κ3) is 6.13. The van der Waals surface area contributed by atoms with E-state index in [1.807, 2.05) is 18.0 Å². The Bertz CT molecular complexity index is 657. The number of nitrogens with zero attached hydrogens (tertiary/aromatic N) is 3. The van der Waals surface area contributed by atoms with Crippen molar-refractivity contribution in [2.75, 3.05) is 26.2 Å². The summed E-state index contributed by atoms with van der Waals surface area (Å²) in [6.07, 6.45) is 3.44. The zero-order valence-corrected chi connectivity index (χ0v) is 17.1. The van der Waals surface area contributed by atoms with Gasteiger partial charge in [0.25, 0.3) is 5.91 Å². The third-order valence-electron chi connectivity index (χ3n) is 3.81. The lowest BCUT2D eigenvalue weighted by Gasteiger charge is -2.34. The van der Waals surface area contributed by atoms with Gasteiger partial charge in [0, 0.05) is 43.8 Å². The summed E-state index contributed by atoms with van der Waals surface area (Å²) in [4.78, 5) is 22.2. The highest BCUT2D eigenvalue weighted by molar-refractivity contribution is 7.11. The van der Waals surface area contributed by atoms with Crippen molar-refractivity contribution in [1.29, 1.82) is 0 Å². The first kappa shape index (κ1) is 24.2. The number of carbonyl (C=O) groups excluding carboxylic acids is 1. The Balaban J connectivity index is 0.00000192. The van der Waals surface area contributed by atoms with Crippen LogP contribution in [0.2, 0.25) is 0 Å². The molecule has 6 nitrogen and oxygen atoms in total. The normalized spacial score (nSPS) is 14.2. The van der Waals surface area contributed by atoms with Gasteiger partial charge in [-0.2, -0.15) is 0 Å². The fraction of sp³-hybridized carbons (Fsp3) is 0.467. The molecule has 142 valence electrons. The molecular weight excluding hydrogens is 407 g/mol. The molecule has 3 heterocycles. The van der Waals surface area contributed by atoms with Crippen LogP contribution in [0.5, 0.6) is 0 Å². The van der Waals surface area contributed by atoms with Crippen LogP contribution in [0.1, 0.15) is 26.0 Å². The fourth-order valence-corrected chi connectivity index (χ4v) is 3.43. The van der Waals surface area contributed by atoms with E-state index < -0.39 is 0 Å². The Labute approximate surface area is 170 Å². The van der Waals surface area contributed by atoms with Crippen LogP contribution in [-0.4, -0.2) is 46.9 Å². The number of rotatable bonds is 4. The average molecular weight is 430 g/mol. The van der Waals surface area contributed by atoms with Crippen molar-refractivity contribution in [2.24, 2.45) is 5.73 Å². The van der Waals surface area contributed by atoms with Gasteiger partial charge in [0.2, 0.25) is 0 Å². The molecule has 25 heavy (non-hydrogen) atoms. The van der Waals surface area contributed by atoms with E-state index in [-0.39, 0.29) is 43.1 Å². The number of carbonyl (C=O) groups is 1. The van der Waals surface area contributed by atoms with Gasteiger partial charge in [0.1, 0.15) is 12.0 Å². The van der Waals surface area contributed by atoms with Crippen LogP contribution in [0, 0.1) is 6.92 Å². The lowest BCUT2D eigenvalue weighted by atomic mass is 10.2. The zero-order valence-electron chi connectivity index (χ0n) is 13.8. The molecule has 0 aromatic carbocycles. The summed E-state index contributed by atoms with van der Waals surface area (Å²) >= 11 is 1.73. The van der Waals surface area contributed by atoms with E-state index in [0.717, 1.165) is 37.7 Å². The van der Waals surface area contributed by atoms with Crippen molar-refractivity contribution in [1.82, 2.24) is 14.8 Å². The van der Waals surface area contributed by atoms with Gasteiger partial charge in [-0.15, -0.1) is 48.6 Å². The summed E-state index contributed by atoms with van der Waals surface area (Å²) in [5, 5.41) is 1.10. The Kier molecular flexibility index (Phi) is 10.6. The minimum absolute atomic E-state index is 0. The lowest BCUT2D eigenvalue weighted by molar-refractivity contribution is 0.0629. The molecular formula is C15H23Cl3N4O2S. The maximum Gasteiger partial charge on any atom is 0.257 e. The van der Waals surface area contributed by atoms with E-state index in [4.69, 9.17) is 10.2 Å². The summed E-state index contributed by atoms with van der Waals surface area (Å²) in [6, 6.07) is 1.73. The van der Waals surface area contributed by atoms with Crippen molar-refractivity contribution >= 4 is 54.5 Å². The molecule has 0 bridgehead atoms. The Morgan fingerprint density at radius 1 is 1.28 bits per heavy atom. The van der Waals surface area contributed by atoms with Crippen LogP contribution in [0.3, 0.4) is 0 Å². The van der Waals surface area contributed by atoms with Gasteiger partial charge in [0.15, 0.2) is 0 Å². The number of hydrogen-bond donors (Lipinski definition) is 1. The van der Waals surface area contributed by atoms with Gasteiger partial charge >= 0.3 is 0 Å². The Morgan fingerprint density at radius 2 is 1.96 bits per heavy atom. The number of furan rings is 1. The molecule has 0 spiro atoms. The van der Waals surface area contributed by atoms with Crippen LogP contribution in [-0.2, 0) is 13.1 Å². The van der Waals surface area contributed by atoms with E-state index in [1.165, 1.54) is 11.1 Å². The van der Waals surface area contributed by atoms with E-state index in [1.54, 1.807) is 17.4 Å². The monoisotopic (exact) mass is 428 g/mol. The summed E-state index contributed by atoms with van der Waals surface area (Å²) in [7, 11) is 0. The molecule has 1 amide bonds. The van der Waals surface area contributed by atoms with Gasteiger partial charge in [-0.25, -0.2) is 4.98 Å². The number of aromatic nitrogens is 1. The van der Waals surface area contributed by atoms with Gasteiger partial charge in [-0.1, -0.05) is 0 Å². The number of hydrogen-bond acceptors (Lipinski definition) is 6. The van der Waals surface area contributed by atoms with Gasteiger partial charge in [0.05, 0.1) is 17.1 Å². The van der Waals surface area contributed by atoms with E-state index in [9.17, 15) is 4.79 Å². The lowest BCUT2D eigenvalue weighted by Crippen LogP contribution is -2.48. The maximum atomic E-state index is 12.4. The molecule has 2 aromatic heterocycles. The SMILES string of the molecule is Cc1ncc(CN2CCN(C(=O)c3coc(CN)c3)CC2)s1.Cl.Cl.Cl. The first-order valence-corrected chi connectivity index (χ1v) is 8.18. The molecule has 3 rings (SSSR count). The quantitative estimate of drug-likeness (QED) is 0.809. The number of nitrogens with two attached hydrogens (primary N) is 1. The first-order valence-electron chi connectivity index (χ1n) is 7.36. The standard InChI is InChI=1S/C15H20N4O2S.3ClH/c1-11-17-8-14(22-11)9-18-2-4-19(5-3-18)15(20)12-6-13(7-16)21-10-12;;;/h6,8,10H,2-5,7,9,16H2,1H3;3*1H. The molecule has 2 N–H and O–H groups in total. The van der Waals surface area contributed by atoms with Gasteiger partial charge in [-0.3, -0.25) is 9.69 Å². The topological polar surface area (TPSA) is 75.6 Å². The third-order valence-corrected chi connectivity index (χ3v) is 4.71. The second-order valence-electron chi connectivity index (χ2n) is 5.42. The maximum absolute atomic E-state index is 12.4. The molecule has 0 atom stereocenters. The predicted molar refractivity (Wildman–Crippen MR) is 106 cm³/mol. The highest BCUT2D eigenvalue weighted by Crippen LogP contribution is 2.17. The molecule has 1 aliphatic rings. The van der Waals surface area contributed by atoms with Crippen LogP contribution >= 0.6 is 48.6 Å². The largest absolute Gasteiger partial charge is 0.467 e. The summed E-state index contributed by atoms with van der Waals surface area (Å²) in [6.45, 7) is 6.48. The van der Waals surface area contributed by atoms with Gasteiger partial charge in [-0.05, 0) is 13.0 Å². The minimum Gasteiger partial charge on any atom is -0.467 e. The summed E-state index contributed by atoms with van der Waals surface area (Å²) in [5.41, 5.74) is 6.10. The highest BCUT2D eigenvalue weighted by Gasteiger charge is 2.23. The van der Waals surface area contributed by atoms with Crippen molar-refractivity contribution in [2.45, 2.75) is 20.0 Å². The molecule has 10 heteroatoms. The van der Waals surface area contributed by atoms with Crippen LogP contribution in [0.4, 0.5) is 0 Å². The van der Waals surface area contributed by atoms with Gasteiger partial charge < -0.3 is 15.1 Å². The molecule has 2 aromatic rings.